The van der Waals surface area contributed by atoms with Crippen LogP contribution in [-0.4, -0.2) is 59.2 Å². The molecule has 0 atom stereocenters. The van der Waals surface area contributed by atoms with Crippen molar-refractivity contribution < 1.29 is 14.4 Å². The van der Waals surface area contributed by atoms with E-state index in [9.17, 15) is 14.4 Å². The fraction of sp³-hybridized carbons (Fsp3) is 0.320. The molecule has 0 unspecified atom stereocenters. The van der Waals surface area contributed by atoms with Crippen molar-refractivity contribution in [3.05, 3.63) is 58.1 Å². The second-order valence-electron chi connectivity index (χ2n) is 8.10. The zero-order chi connectivity index (χ0) is 26.1. The quantitative estimate of drug-likeness (QED) is 0.186. The highest BCUT2D eigenvalue weighted by atomic mass is 35.5. The van der Waals surface area contributed by atoms with Crippen LogP contribution in [0, 0.1) is 0 Å². The summed E-state index contributed by atoms with van der Waals surface area (Å²) in [7, 11) is 1.64. The van der Waals surface area contributed by atoms with E-state index in [4.69, 9.17) is 11.6 Å². The first kappa shape index (κ1) is 27.1. The van der Waals surface area contributed by atoms with Crippen LogP contribution in [0.2, 0.25) is 5.02 Å². The molecule has 0 spiro atoms. The van der Waals surface area contributed by atoms with Crippen molar-refractivity contribution in [2.75, 3.05) is 20.1 Å². The molecule has 3 aromatic rings. The van der Waals surface area contributed by atoms with Gasteiger partial charge in [0.1, 0.15) is 0 Å². The van der Waals surface area contributed by atoms with E-state index >= 15 is 0 Å². The SMILES string of the molecule is CCc1nc2ccc(N=C(NC(=O)N(C)CCCNC(C)=O)N(C=O)Cc3ccc(Cl)cc3)cc2s1. The molecule has 0 radical (unpaired) electrons. The number of benzene rings is 2. The van der Waals surface area contributed by atoms with Gasteiger partial charge in [-0.25, -0.2) is 14.8 Å². The van der Waals surface area contributed by atoms with Gasteiger partial charge in [0.15, 0.2) is 0 Å². The summed E-state index contributed by atoms with van der Waals surface area (Å²) >= 11 is 7.58. The van der Waals surface area contributed by atoms with Gasteiger partial charge in [-0.1, -0.05) is 30.7 Å². The van der Waals surface area contributed by atoms with Gasteiger partial charge in [0, 0.05) is 32.1 Å². The second kappa shape index (κ2) is 13.0. The van der Waals surface area contributed by atoms with Gasteiger partial charge < -0.3 is 10.2 Å². The Balaban J connectivity index is 1.85. The molecule has 0 aliphatic rings. The maximum atomic E-state index is 12.9. The Morgan fingerprint density at radius 1 is 1.19 bits per heavy atom. The highest BCUT2D eigenvalue weighted by Gasteiger charge is 2.18. The molecule has 0 aliphatic heterocycles. The van der Waals surface area contributed by atoms with Crippen LogP contribution >= 0.6 is 22.9 Å². The molecule has 0 aliphatic carbocycles. The number of hydrogen-bond acceptors (Lipinski definition) is 6. The number of fused-ring (bicyclic) bond motifs is 1. The summed E-state index contributed by atoms with van der Waals surface area (Å²) < 4.78 is 0.976. The number of carbonyl (C=O) groups excluding carboxylic acids is 3. The Morgan fingerprint density at radius 3 is 2.61 bits per heavy atom. The minimum Gasteiger partial charge on any atom is -0.356 e. The number of thiazole rings is 1. The van der Waals surface area contributed by atoms with Crippen molar-refractivity contribution in [3.63, 3.8) is 0 Å². The molecule has 190 valence electrons. The van der Waals surface area contributed by atoms with Crippen LogP contribution in [-0.2, 0) is 22.6 Å². The third-order valence-corrected chi connectivity index (χ3v) is 6.64. The van der Waals surface area contributed by atoms with Gasteiger partial charge in [0.05, 0.1) is 27.5 Å². The number of aromatic nitrogens is 1. The zero-order valence-corrected chi connectivity index (χ0v) is 22.0. The monoisotopic (exact) mass is 528 g/mol. The van der Waals surface area contributed by atoms with Crippen LogP contribution in [0.4, 0.5) is 10.5 Å². The lowest BCUT2D eigenvalue weighted by Crippen LogP contribution is -2.48. The largest absolute Gasteiger partial charge is 0.356 e. The third kappa shape index (κ3) is 7.76. The molecule has 9 nitrogen and oxygen atoms in total. The highest BCUT2D eigenvalue weighted by molar-refractivity contribution is 7.18. The van der Waals surface area contributed by atoms with Gasteiger partial charge in [-0.15, -0.1) is 11.3 Å². The Kier molecular flexibility index (Phi) is 9.77. The third-order valence-electron chi connectivity index (χ3n) is 5.23. The summed E-state index contributed by atoms with van der Waals surface area (Å²) in [5.74, 6) is -0.0254. The van der Waals surface area contributed by atoms with E-state index in [1.807, 2.05) is 24.3 Å². The highest BCUT2D eigenvalue weighted by Crippen LogP contribution is 2.27. The van der Waals surface area contributed by atoms with E-state index in [1.54, 1.807) is 36.6 Å². The van der Waals surface area contributed by atoms with E-state index in [0.717, 1.165) is 27.2 Å². The molecule has 0 saturated heterocycles. The second-order valence-corrected chi connectivity index (χ2v) is 9.65. The molecule has 36 heavy (non-hydrogen) atoms. The van der Waals surface area contributed by atoms with Crippen LogP contribution in [0.15, 0.2) is 47.5 Å². The zero-order valence-electron chi connectivity index (χ0n) is 20.5. The minimum absolute atomic E-state index is 0.0956. The number of amides is 4. The van der Waals surface area contributed by atoms with E-state index in [0.29, 0.717) is 36.6 Å². The van der Waals surface area contributed by atoms with Gasteiger partial charge in [-0.05, 0) is 48.7 Å². The predicted octanol–water partition coefficient (Wildman–Crippen LogP) is 4.33. The topological polar surface area (TPSA) is 107 Å². The summed E-state index contributed by atoms with van der Waals surface area (Å²) in [5, 5.41) is 7.08. The van der Waals surface area contributed by atoms with Crippen molar-refractivity contribution in [1.29, 1.82) is 0 Å². The number of rotatable bonds is 9. The van der Waals surface area contributed by atoms with Gasteiger partial charge >= 0.3 is 6.03 Å². The number of halogens is 1. The number of nitrogens with one attached hydrogen (secondary N) is 2. The summed E-state index contributed by atoms with van der Waals surface area (Å²) in [4.78, 5) is 48.1. The van der Waals surface area contributed by atoms with Gasteiger partial charge in [0.2, 0.25) is 18.3 Å². The first-order chi connectivity index (χ1) is 17.3. The standard InChI is InChI=1S/C25H29ClN6O3S/c1-4-23-29-21-11-10-20(14-22(21)36-23)28-24(30-25(35)31(3)13-5-12-27-17(2)34)32(16-33)15-18-6-8-19(26)9-7-18/h6-11,14,16H,4-5,12-13,15H2,1-3H3,(H,27,34)(H,28,30,35). The first-order valence-electron chi connectivity index (χ1n) is 11.5. The lowest BCUT2D eigenvalue weighted by atomic mass is 10.2. The molecule has 2 N–H and O–H groups in total. The van der Waals surface area contributed by atoms with Crippen molar-refractivity contribution in [2.45, 2.75) is 33.2 Å². The van der Waals surface area contributed by atoms with Crippen LogP contribution in [0.1, 0.15) is 30.8 Å². The minimum atomic E-state index is -0.424. The molecular weight excluding hydrogens is 500 g/mol. The lowest BCUT2D eigenvalue weighted by molar-refractivity contribution is -0.119. The van der Waals surface area contributed by atoms with Crippen molar-refractivity contribution in [1.82, 2.24) is 25.4 Å². The van der Waals surface area contributed by atoms with Crippen LogP contribution in [0.5, 0.6) is 0 Å². The smallest absolute Gasteiger partial charge is 0.323 e. The van der Waals surface area contributed by atoms with Gasteiger partial charge in [0.25, 0.3) is 0 Å². The summed E-state index contributed by atoms with van der Waals surface area (Å²) in [5.41, 5.74) is 2.29. The molecule has 11 heteroatoms. The Labute approximate surface area is 219 Å². The number of aryl methyl sites for hydroxylation is 1. The number of nitrogens with zero attached hydrogens (tertiary/aromatic N) is 4. The molecule has 1 aromatic heterocycles. The predicted molar refractivity (Wildman–Crippen MR) is 144 cm³/mol. The fourth-order valence-electron chi connectivity index (χ4n) is 3.29. The van der Waals surface area contributed by atoms with Crippen LogP contribution in [0.25, 0.3) is 10.2 Å². The number of urea groups is 1. The summed E-state index contributed by atoms with van der Waals surface area (Å²) in [6.45, 7) is 4.55. The van der Waals surface area contributed by atoms with E-state index < -0.39 is 6.03 Å². The number of guanidine groups is 1. The Morgan fingerprint density at radius 2 is 1.94 bits per heavy atom. The van der Waals surface area contributed by atoms with Gasteiger partial charge in [-0.3, -0.25) is 19.8 Å². The van der Waals surface area contributed by atoms with Crippen LogP contribution < -0.4 is 10.6 Å². The molecule has 0 bridgehead atoms. The normalized spacial score (nSPS) is 11.3. The molecule has 0 fully saturated rings. The van der Waals surface area contributed by atoms with Crippen molar-refractivity contribution in [2.24, 2.45) is 4.99 Å². The molecule has 2 aromatic carbocycles. The maximum Gasteiger partial charge on any atom is 0.323 e. The molecule has 3 rings (SSSR count). The molecular formula is C25H29ClN6O3S. The maximum absolute atomic E-state index is 12.9. The van der Waals surface area contributed by atoms with E-state index in [2.05, 4.69) is 27.5 Å². The Hall–Kier alpha value is -3.50. The molecule has 4 amide bonds. The summed E-state index contributed by atoms with van der Waals surface area (Å²) in [6.07, 6.45) is 2.05. The first-order valence-corrected chi connectivity index (χ1v) is 12.7. The average molecular weight is 529 g/mol. The lowest BCUT2D eigenvalue weighted by Gasteiger charge is -2.23. The van der Waals surface area contributed by atoms with Crippen molar-refractivity contribution in [3.8, 4) is 0 Å². The Bertz CT molecular complexity index is 1240. The summed E-state index contributed by atoms with van der Waals surface area (Å²) in [6, 6.07) is 12.2. The fourth-order valence-corrected chi connectivity index (χ4v) is 4.36. The number of aliphatic imine (C=N–C) groups is 1. The van der Waals surface area contributed by atoms with E-state index in [-0.39, 0.29) is 18.4 Å². The molecule has 0 saturated carbocycles. The van der Waals surface area contributed by atoms with Gasteiger partial charge in [-0.2, -0.15) is 0 Å². The number of hydrogen-bond donors (Lipinski definition) is 2. The van der Waals surface area contributed by atoms with E-state index in [1.165, 1.54) is 16.7 Å². The van der Waals surface area contributed by atoms with Crippen LogP contribution in [0.3, 0.4) is 0 Å². The average Bonchev–Trinajstić information content (AvgIpc) is 3.28. The number of carbonyl (C=O) groups is 3. The molecule has 1 heterocycles. The van der Waals surface area contributed by atoms with Crippen molar-refractivity contribution >= 4 is 63.1 Å².